The first-order valence-corrected chi connectivity index (χ1v) is 11.7. The summed E-state index contributed by atoms with van der Waals surface area (Å²) in [5.41, 5.74) is 0.0933. The number of nitro groups is 1. The molecule has 0 atom stereocenters. The first-order chi connectivity index (χ1) is 13.7. The average Bonchev–Trinajstić information content (AvgIpc) is 2.73. The molecule has 8 nitrogen and oxygen atoms in total. The highest BCUT2D eigenvalue weighted by Crippen LogP contribution is 2.29. The number of nitrogens with zero attached hydrogens (tertiary/aromatic N) is 3. The van der Waals surface area contributed by atoms with E-state index in [-0.39, 0.29) is 48.2 Å². The highest BCUT2D eigenvalue weighted by molar-refractivity contribution is 7.98. The molecule has 0 radical (unpaired) electrons. The van der Waals surface area contributed by atoms with Gasteiger partial charge in [-0.1, -0.05) is 11.6 Å². The number of nitro benzene ring substituents is 1. The predicted molar refractivity (Wildman–Crippen MR) is 111 cm³/mol. The van der Waals surface area contributed by atoms with E-state index in [1.807, 2.05) is 0 Å². The lowest BCUT2D eigenvalue weighted by Gasteiger charge is -2.34. The molecule has 29 heavy (non-hydrogen) atoms. The zero-order valence-electron chi connectivity index (χ0n) is 15.4. The van der Waals surface area contributed by atoms with Crippen molar-refractivity contribution in [2.75, 3.05) is 32.4 Å². The smallest absolute Gasteiger partial charge is 0.283 e. The lowest BCUT2D eigenvalue weighted by Crippen LogP contribution is -2.50. The number of thioether (sulfide) groups is 1. The number of halogens is 1. The molecule has 3 rings (SSSR count). The molecule has 0 unspecified atom stereocenters. The van der Waals surface area contributed by atoms with Crippen molar-refractivity contribution in [2.45, 2.75) is 9.79 Å². The summed E-state index contributed by atoms with van der Waals surface area (Å²) in [6.45, 7) is 0.677. The molecular formula is C18H18ClN3O5S2. The SMILES string of the molecule is CSc1ccc(C(=O)N2CCN(S(=O)(=O)c3ccc(Cl)cc3)CC2)cc1[N+](=O)[O-]. The maximum Gasteiger partial charge on any atom is 0.283 e. The number of piperazine rings is 1. The lowest BCUT2D eigenvalue weighted by atomic mass is 10.1. The van der Waals surface area contributed by atoms with Crippen molar-refractivity contribution in [1.82, 2.24) is 9.21 Å². The fraction of sp³-hybridized carbons (Fsp3) is 0.278. The van der Waals surface area contributed by atoms with Gasteiger partial charge in [0.2, 0.25) is 10.0 Å². The van der Waals surface area contributed by atoms with Crippen molar-refractivity contribution in [2.24, 2.45) is 0 Å². The van der Waals surface area contributed by atoms with Crippen molar-refractivity contribution in [1.29, 1.82) is 0 Å². The zero-order chi connectivity index (χ0) is 21.2. The molecule has 1 heterocycles. The number of hydrogen-bond donors (Lipinski definition) is 0. The van der Waals surface area contributed by atoms with Crippen LogP contribution < -0.4 is 0 Å². The molecule has 154 valence electrons. The van der Waals surface area contributed by atoms with Crippen LogP contribution in [0.5, 0.6) is 0 Å². The Hall–Kier alpha value is -2.14. The van der Waals surface area contributed by atoms with E-state index in [4.69, 9.17) is 11.6 Å². The molecule has 1 saturated heterocycles. The Labute approximate surface area is 177 Å². The van der Waals surface area contributed by atoms with Gasteiger partial charge >= 0.3 is 0 Å². The van der Waals surface area contributed by atoms with Crippen LogP contribution in [0.4, 0.5) is 5.69 Å². The fourth-order valence-corrected chi connectivity index (χ4v) is 5.13. The summed E-state index contributed by atoms with van der Waals surface area (Å²) in [5.74, 6) is -0.357. The van der Waals surface area contributed by atoms with Gasteiger partial charge in [0, 0.05) is 42.8 Å². The van der Waals surface area contributed by atoms with Crippen LogP contribution in [0.15, 0.2) is 52.3 Å². The molecule has 1 amide bonds. The largest absolute Gasteiger partial charge is 0.336 e. The van der Waals surface area contributed by atoms with Gasteiger partial charge in [0.15, 0.2) is 0 Å². The second-order valence-corrected chi connectivity index (χ2v) is 9.52. The summed E-state index contributed by atoms with van der Waals surface area (Å²) in [5, 5.41) is 11.7. The van der Waals surface area contributed by atoms with Crippen molar-refractivity contribution in [3.63, 3.8) is 0 Å². The van der Waals surface area contributed by atoms with Gasteiger partial charge in [-0.15, -0.1) is 11.8 Å². The summed E-state index contributed by atoms with van der Waals surface area (Å²) in [6, 6.07) is 10.3. The van der Waals surface area contributed by atoms with E-state index in [1.54, 1.807) is 18.4 Å². The number of rotatable bonds is 5. The number of carbonyl (C=O) groups is 1. The molecule has 0 bridgehead atoms. The van der Waals surface area contributed by atoms with Gasteiger partial charge in [0.1, 0.15) is 0 Å². The minimum absolute atomic E-state index is 0.118. The molecule has 1 aliphatic rings. The number of hydrogen-bond acceptors (Lipinski definition) is 6. The van der Waals surface area contributed by atoms with E-state index < -0.39 is 14.9 Å². The van der Waals surface area contributed by atoms with Gasteiger partial charge in [-0.2, -0.15) is 4.31 Å². The molecule has 0 N–H and O–H groups in total. The highest BCUT2D eigenvalue weighted by atomic mass is 35.5. The van der Waals surface area contributed by atoms with Crippen LogP contribution in [-0.4, -0.2) is 60.9 Å². The summed E-state index contributed by atoms with van der Waals surface area (Å²) < 4.78 is 26.8. The Morgan fingerprint density at radius 2 is 1.72 bits per heavy atom. The topological polar surface area (TPSA) is 101 Å². The first-order valence-electron chi connectivity index (χ1n) is 8.61. The number of carbonyl (C=O) groups excluding carboxylic acids is 1. The number of amides is 1. The zero-order valence-corrected chi connectivity index (χ0v) is 17.8. The molecule has 0 aromatic heterocycles. The van der Waals surface area contributed by atoms with Crippen molar-refractivity contribution < 1.29 is 18.1 Å². The molecule has 0 aliphatic carbocycles. The third-order valence-electron chi connectivity index (χ3n) is 4.60. The maximum absolute atomic E-state index is 12.8. The van der Waals surface area contributed by atoms with Gasteiger partial charge in [-0.25, -0.2) is 8.42 Å². The number of sulfonamides is 1. The van der Waals surface area contributed by atoms with E-state index in [0.29, 0.717) is 9.92 Å². The van der Waals surface area contributed by atoms with Crippen LogP contribution in [0.2, 0.25) is 5.02 Å². The van der Waals surface area contributed by atoms with E-state index in [9.17, 15) is 23.3 Å². The van der Waals surface area contributed by atoms with Crippen LogP contribution in [0.1, 0.15) is 10.4 Å². The Morgan fingerprint density at radius 1 is 1.10 bits per heavy atom. The predicted octanol–water partition coefficient (Wildman–Crippen LogP) is 3.12. The van der Waals surface area contributed by atoms with Crippen molar-refractivity contribution in [3.8, 4) is 0 Å². The van der Waals surface area contributed by atoms with E-state index in [0.717, 1.165) is 0 Å². The molecule has 11 heteroatoms. The van der Waals surface area contributed by atoms with Crippen molar-refractivity contribution in [3.05, 3.63) is 63.2 Å². The third-order valence-corrected chi connectivity index (χ3v) is 7.55. The summed E-state index contributed by atoms with van der Waals surface area (Å²) >= 11 is 7.05. The molecular weight excluding hydrogens is 438 g/mol. The van der Waals surface area contributed by atoms with Crippen LogP contribution in [0.3, 0.4) is 0 Å². The van der Waals surface area contributed by atoms with E-state index >= 15 is 0 Å². The standard InChI is InChI=1S/C18H18ClN3O5S2/c1-28-17-7-2-13(12-16(17)22(24)25)18(23)20-8-10-21(11-9-20)29(26,27)15-5-3-14(19)4-6-15/h2-7,12H,8-11H2,1H3. The van der Waals surface area contributed by atoms with E-state index in [2.05, 4.69) is 0 Å². The van der Waals surface area contributed by atoms with Gasteiger partial charge in [0.05, 0.1) is 14.7 Å². The number of benzene rings is 2. The maximum atomic E-state index is 12.8. The minimum Gasteiger partial charge on any atom is -0.336 e. The van der Waals surface area contributed by atoms with Crippen LogP contribution >= 0.6 is 23.4 Å². The summed E-state index contributed by atoms with van der Waals surface area (Å²) in [4.78, 5) is 25.6. The van der Waals surface area contributed by atoms with Crippen LogP contribution in [0.25, 0.3) is 0 Å². The molecule has 2 aromatic rings. The van der Waals surface area contributed by atoms with Gasteiger partial charge in [-0.3, -0.25) is 14.9 Å². The average molecular weight is 456 g/mol. The molecule has 0 saturated carbocycles. The molecule has 0 spiro atoms. The highest BCUT2D eigenvalue weighted by Gasteiger charge is 2.31. The lowest BCUT2D eigenvalue weighted by molar-refractivity contribution is -0.387. The Bertz CT molecular complexity index is 1040. The third kappa shape index (κ3) is 4.55. The normalized spacial score (nSPS) is 15.3. The monoisotopic (exact) mass is 455 g/mol. The van der Waals surface area contributed by atoms with Crippen molar-refractivity contribution >= 4 is 45.0 Å². The Morgan fingerprint density at radius 3 is 2.28 bits per heavy atom. The van der Waals surface area contributed by atoms with E-state index in [1.165, 1.54) is 51.3 Å². The summed E-state index contributed by atoms with van der Waals surface area (Å²) in [6.07, 6.45) is 1.73. The molecule has 2 aromatic carbocycles. The molecule has 1 fully saturated rings. The summed E-state index contributed by atoms with van der Waals surface area (Å²) in [7, 11) is -3.67. The minimum atomic E-state index is -3.67. The van der Waals surface area contributed by atoms with Gasteiger partial charge in [0.25, 0.3) is 11.6 Å². The molecule has 1 aliphatic heterocycles. The Balaban J connectivity index is 1.72. The van der Waals surface area contributed by atoms with Crippen LogP contribution in [0, 0.1) is 10.1 Å². The quantitative estimate of drug-likeness (QED) is 0.390. The first kappa shape index (κ1) is 21.6. The van der Waals surface area contributed by atoms with Gasteiger partial charge < -0.3 is 4.90 Å². The van der Waals surface area contributed by atoms with Gasteiger partial charge in [-0.05, 0) is 42.7 Å². The second-order valence-electron chi connectivity index (χ2n) is 6.29. The van der Waals surface area contributed by atoms with Crippen LogP contribution in [-0.2, 0) is 10.0 Å². The fourth-order valence-electron chi connectivity index (χ4n) is 3.04. The Kier molecular flexibility index (Phi) is 6.47. The second kappa shape index (κ2) is 8.70.